The van der Waals surface area contributed by atoms with Crippen molar-refractivity contribution in [3.05, 3.63) is 96.1 Å². The molecule has 4 nitrogen and oxygen atoms in total. The van der Waals surface area contributed by atoms with Crippen LogP contribution >= 0.6 is 0 Å². The molecule has 0 bridgehead atoms. The van der Waals surface area contributed by atoms with E-state index in [2.05, 4.69) is 22.8 Å². The zero-order chi connectivity index (χ0) is 20.5. The second kappa shape index (κ2) is 10.2. The first kappa shape index (κ1) is 20.3. The molecule has 3 aromatic carbocycles. The van der Waals surface area contributed by atoms with Crippen molar-refractivity contribution in [1.82, 2.24) is 10.6 Å². The van der Waals surface area contributed by atoms with E-state index in [-0.39, 0.29) is 24.4 Å². The molecule has 0 aliphatic heterocycles. The van der Waals surface area contributed by atoms with Gasteiger partial charge in [0.1, 0.15) is 0 Å². The summed E-state index contributed by atoms with van der Waals surface area (Å²) >= 11 is 0. The molecule has 0 heterocycles. The molecule has 4 heteroatoms. The molecule has 3 aromatic rings. The third-order valence-electron chi connectivity index (χ3n) is 4.78. The van der Waals surface area contributed by atoms with E-state index in [1.54, 1.807) is 12.1 Å². The first-order chi connectivity index (χ1) is 14.1. The van der Waals surface area contributed by atoms with Crippen molar-refractivity contribution in [2.24, 2.45) is 0 Å². The number of carbonyl (C=O) groups excluding carboxylic acids is 2. The Labute approximate surface area is 172 Å². The Morgan fingerprint density at radius 1 is 0.793 bits per heavy atom. The van der Waals surface area contributed by atoms with Crippen LogP contribution in [-0.4, -0.2) is 24.4 Å². The summed E-state index contributed by atoms with van der Waals surface area (Å²) in [5, 5.41) is 5.62. The first-order valence-electron chi connectivity index (χ1n) is 9.89. The SMILES string of the molecule is CC(CCc1ccccc1)NC(=O)CNC(=O)c1ccc(-c2ccccc2)cc1. The van der Waals surface area contributed by atoms with Crippen LogP contribution in [0.15, 0.2) is 84.9 Å². The lowest BCUT2D eigenvalue weighted by molar-refractivity contribution is -0.120. The maximum Gasteiger partial charge on any atom is 0.251 e. The molecule has 0 spiro atoms. The maximum atomic E-state index is 12.3. The summed E-state index contributed by atoms with van der Waals surface area (Å²) in [6.45, 7) is 1.94. The molecule has 1 atom stereocenters. The van der Waals surface area contributed by atoms with Crippen LogP contribution in [0.1, 0.15) is 29.3 Å². The van der Waals surface area contributed by atoms with Gasteiger partial charge in [-0.25, -0.2) is 0 Å². The van der Waals surface area contributed by atoms with Gasteiger partial charge in [0.25, 0.3) is 5.91 Å². The van der Waals surface area contributed by atoms with E-state index < -0.39 is 0 Å². The van der Waals surface area contributed by atoms with Crippen molar-refractivity contribution in [2.45, 2.75) is 25.8 Å². The highest BCUT2D eigenvalue weighted by atomic mass is 16.2. The Morgan fingerprint density at radius 2 is 1.38 bits per heavy atom. The number of hydrogen-bond donors (Lipinski definition) is 2. The van der Waals surface area contributed by atoms with E-state index in [0.29, 0.717) is 5.56 Å². The van der Waals surface area contributed by atoms with Crippen molar-refractivity contribution in [3.8, 4) is 11.1 Å². The van der Waals surface area contributed by atoms with Gasteiger partial charge in [0.05, 0.1) is 6.54 Å². The van der Waals surface area contributed by atoms with Crippen LogP contribution in [0, 0.1) is 0 Å². The highest BCUT2D eigenvalue weighted by Gasteiger charge is 2.11. The zero-order valence-corrected chi connectivity index (χ0v) is 16.6. The summed E-state index contributed by atoms with van der Waals surface area (Å²) in [5.41, 5.74) is 3.94. The molecule has 0 radical (unpaired) electrons. The van der Waals surface area contributed by atoms with Gasteiger partial charge in [-0.2, -0.15) is 0 Å². The lowest BCUT2D eigenvalue weighted by Gasteiger charge is -2.14. The summed E-state index contributed by atoms with van der Waals surface area (Å²) in [5.74, 6) is -0.434. The lowest BCUT2D eigenvalue weighted by Crippen LogP contribution is -2.41. The predicted molar refractivity (Wildman–Crippen MR) is 117 cm³/mol. The number of hydrogen-bond acceptors (Lipinski definition) is 2. The number of benzene rings is 3. The minimum absolute atomic E-state index is 0.0328. The predicted octanol–water partition coefficient (Wildman–Crippen LogP) is 4.22. The van der Waals surface area contributed by atoms with E-state index in [1.165, 1.54) is 5.56 Å². The molecule has 3 rings (SSSR count). The molecular formula is C25H26N2O2. The van der Waals surface area contributed by atoms with Gasteiger partial charge in [-0.05, 0) is 48.6 Å². The quantitative estimate of drug-likeness (QED) is 0.609. The van der Waals surface area contributed by atoms with Crippen molar-refractivity contribution in [2.75, 3.05) is 6.54 Å². The Morgan fingerprint density at radius 3 is 2.03 bits per heavy atom. The number of nitrogens with one attached hydrogen (secondary N) is 2. The van der Waals surface area contributed by atoms with E-state index in [1.807, 2.05) is 67.6 Å². The number of carbonyl (C=O) groups is 2. The molecule has 1 unspecified atom stereocenters. The Kier molecular flexibility index (Phi) is 7.17. The second-order valence-corrected chi connectivity index (χ2v) is 7.12. The monoisotopic (exact) mass is 386 g/mol. The molecule has 29 heavy (non-hydrogen) atoms. The van der Waals surface area contributed by atoms with E-state index >= 15 is 0 Å². The van der Waals surface area contributed by atoms with Gasteiger partial charge in [0.15, 0.2) is 0 Å². The van der Waals surface area contributed by atoms with Gasteiger partial charge in [-0.15, -0.1) is 0 Å². The molecule has 2 N–H and O–H groups in total. The number of aryl methyl sites for hydroxylation is 1. The molecule has 148 valence electrons. The molecule has 0 saturated carbocycles. The third-order valence-corrected chi connectivity index (χ3v) is 4.78. The van der Waals surface area contributed by atoms with Crippen molar-refractivity contribution >= 4 is 11.8 Å². The number of amides is 2. The van der Waals surface area contributed by atoms with Gasteiger partial charge in [0.2, 0.25) is 5.91 Å². The van der Waals surface area contributed by atoms with Crippen molar-refractivity contribution in [3.63, 3.8) is 0 Å². The third kappa shape index (κ3) is 6.32. The summed E-state index contributed by atoms with van der Waals surface area (Å²) in [4.78, 5) is 24.4. The van der Waals surface area contributed by atoms with Crippen LogP contribution in [0.3, 0.4) is 0 Å². The minimum Gasteiger partial charge on any atom is -0.352 e. The summed E-state index contributed by atoms with van der Waals surface area (Å²) < 4.78 is 0. The average Bonchev–Trinajstić information content (AvgIpc) is 2.77. The standard InChI is InChI=1S/C25H26N2O2/c1-19(12-13-20-8-4-2-5-9-20)27-24(28)18-26-25(29)23-16-14-22(15-17-23)21-10-6-3-7-11-21/h2-11,14-17,19H,12-13,18H2,1H3,(H,26,29)(H,27,28). The fourth-order valence-electron chi connectivity index (χ4n) is 3.13. The summed E-state index contributed by atoms with van der Waals surface area (Å²) in [6.07, 6.45) is 1.76. The topological polar surface area (TPSA) is 58.2 Å². The van der Waals surface area contributed by atoms with Crippen LogP contribution in [-0.2, 0) is 11.2 Å². The number of rotatable bonds is 8. The van der Waals surface area contributed by atoms with Crippen LogP contribution < -0.4 is 10.6 Å². The largest absolute Gasteiger partial charge is 0.352 e. The molecular weight excluding hydrogens is 360 g/mol. The minimum atomic E-state index is -0.253. The fourth-order valence-corrected chi connectivity index (χ4v) is 3.13. The lowest BCUT2D eigenvalue weighted by atomic mass is 10.0. The molecule has 0 fully saturated rings. The highest BCUT2D eigenvalue weighted by molar-refractivity contribution is 5.96. The van der Waals surface area contributed by atoms with E-state index in [0.717, 1.165) is 24.0 Å². The molecule has 0 aliphatic carbocycles. The maximum absolute atomic E-state index is 12.3. The van der Waals surface area contributed by atoms with Crippen LogP contribution in [0.25, 0.3) is 11.1 Å². The van der Waals surface area contributed by atoms with E-state index in [9.17, 15) is 9.59 Å². The van der Waals surface area contributed by atoms with Gasteiger partial charge in [-0.3, -0.25) is 9.59 Å². The van der Waals surface area contributed by atoms with Crippen molar-refractivity contribution in [1.29, 1.82) is 0 Å². The molecule has 0 aromatic heterocycles. The van der Waals surface area contributed by atoms with Gasteiger partial charge >= 0.3 is 0 Å². The Hall–Kier alpha value is -3.40. The Bertz CT molecular complexity index is 922. The second-order valence-electron chi connectivity index (χ2n) is 7.12. The van der Waals surface area contributed by atoms with Gasteiger partial charge in [-0.1, -0.05) is 72.8 Å². The average molecular weight is 386 g/mol. The summed E-state index contributed by atoms with van der Waals surface area (Å²) in [6, 6.07) is 27.6. The normalized spacial score (nSPS) is 11.5. The highest BCUT2D eigenvalue weighted by Crippen LogP contribution is 2.19. The van der Waals surface area contributed by atoms with Gasteiger partial charge in [0, 0.05) is 11.6 Å². The Balaban J connectivity index is 1.43. The van der Waals surface area contributed by atoms with Gasteiger partial charge < -0.3 is 10.6 Å². The molecule has 2 amide bonds. The van der Waals surface area contributed by atoms with Crippen LogP contribution in [0.4, 0.5) is 0 Å². The van der Waals surface area contributed by atoms with Crippen LogP contribution in [0.5, 0.6) is 0 Å². The molecule has 0 saturated heterocycles. The summed E-state index contributed by atoms with van der Waals surface area (Å²) in [7, 11) is 0. The molecule has 0 aliphatic rings. The smallest absolute Gasteiger partial charge is 0.251 e. The fraction of sp³-hybridized carbons (Fsp3) is 0.200. The zero-order valence-electron chi connectivity index (χ0n) is 16.6. The first-order valence-corrected chi connectivity index (χ1v) is 9.89. The van der Waals surface area contributed by atoms with Crippen molar-refractivity contribution < 1.29 is 9.59 Å². The van der Waals surface area contributed by atoms with Crippen LogP contribution in [0.2, 0.25) is 0 Å². The van der Waals surface area contributed by atoms with E-state index in [4.69, 9.17) is 0 Å².